The highest BCUT2D eigenvalue weighted by molar-refractivity contribution is 5.96. The number of carbonyl (C=O) groups is 6. The van der Waals surface area contributed by atoms with Gasteiger partial charge in [0, 0.05) is 75.8 Å². The molecule has 0 aromatic heterocycles. The first kappa shape index (κ1) is 88.5. The van der Waals surface area contributed by atoms with E-state index in [2.05, 4.69) is 20.7 Å². The number of likely N-dealkylation sites (N-methyl/N-ethyl adjacent to an activating group) is 2. The van der Waals surface area contributed by atoms with Gasteiger partial charge in [-0.25, -0.2) is 4.79 Å². The van der Waals surface area contributed by atoms with E-state index in [0.29, 0.717) is 18.5 Å². The molecule has 4 heterocycles. The second-order valence-corrected chi connectivity index (χ2v) is 27.2. The van der Waals surface area contributed by atoms with Crippen LogP contribution >= 0.6 is 0 Å². The number of rotatable bonds is 19. The normalized spacial score (nSPS) is 31.7. The molecule has 0 saturated carbocycles. The molecular formula is C73H111N5O25. The zero-order valence-electron chi connectivity index (χ0n) is 59.9. The molecular weight excluding hydrogens is 1350 g/mol. The van der Waals surface area contributed by atoms with Gasteiger partial charge in [-0.2, -0.15) is 0 Å². The Kier molecular flexibility index (Phi) is 38.5. The van der Waals surface area contributed by atoms with E-state index >= 15 is 0 Å². The van der Waals surface area contributed by atoms with E-state index in [4.69, 9.17) is 39.4 Å². The summed E-state index contributed by atoms with van der Waals surface area (Å²) in [5.41, 5.74) is 1.30. The largest absolute Gasteiger partial charge is 0.505 e. The van der Waals surface area contributed by atoms with Crippen LogP contribution in [0.15, 0.2) is 121 Å². The molecule has 0 radical (unpaired) electrons. The minimum Gasteiger partial charge on any atom is -0.505 e. The van der Waals surface area contributed by atoms with Crippen molar-refractivity contribution in [3.8, 4) is 0 Å². The summed E-state index contributed by atoms with van der Waals surface area (Å²) in [7, 11) is 8.75. The van der Waals surface area contributed by atoms with Gasteiger partial charge in [0.25, 0.3) is 0 Å². The highest BCUT2D eigenvalue weighted by Gasteiger charge is 2.51. The predicted molar refractivity (Wildman–Crippen MR) is 377 cm³/mol. The standard InChI is InChI=1S/C67H103N5O19.C6H8O6/c1-42-21-19-17-15-13-11-9-10-12-14-16-18-20-22-54(89-66-63(85)61(62(84)44(3)88-66)70-58(82)41-72(7)8)38-57-60(65(86)69-29-30-71(5)6)56(81)40-67(87,91-57)39-53(79)35-51(77)33-49(75)31-48(74)32-50(76)34-52(78)37-59(83)90-64(42)43(2)23-28-47(73)36-55(80)45-24-26-46(68-4)27-25-45;7-1-2(8)5-3(9)4(10)6(11)12-5/h9-22,24-27,42-44,47-49,51-54,56-57,60-64,66,68,73-75,77-79,81,84-85,87H,23,28-41H2,1-8H3,(H,69,86)(H,70,82);2,5,7-10H,1H2/t42-,43-,44?,47?,48?,49?,51?,52+,53?,54-,56-,57-,60-,61-,62+,63-,64-,66+,67+;2-,5+/m00/s1. The lowest BCUT2D eigenvalue weighted by atomic mass is 9.82. The summed E-state index contributed by atoms with van der Waals surface area (Å²) in [4.78, 5) is 80.3. The first-order valence-corrected chi connectivity index (χ1v) is 34.7. The van der Waals surface area contributed by atoms with Gasteiger partial charge in [-0.1, -0.05) is 98.9 Å². The molecule has 2 amide bonds. The number of cyclic esters (lactones) is 2. The quantitative estimate of drug-likeness (QED) is 0.0668. The Balaban J connectivity index is 0.00000169. The van der Waals surface area contributed by atoms with Crippen LogP contribution in [-0.4, -0.2) is 288 Å². The summed E-state index contributed by atoms with van der Waals surface area (Å²) in [6.45, 7) is 5.14. The summed E-state index contributed by atoms with van der Waals surface area (Å²) >= 11 is 0. The average Bonchev–Trinajstić information content (AvgIpc) is 1.51. The third-order valence-corrected chi connectivity index (χ3v) is 17.5. The lowest BCUT2D eigenvalue weighted by Gasteiger charge is -2.46. The van der Waals surface area contributed by atoms with Crippen LogP contribution in [0.1, 0.15) is 108 Å². The lowest BCUT2D eigenvalue weighted by Crippen LogP contribution is -2.64. The minimum atomic E-state index is -2.32. The van der Waals surface area contributed by atoms with Crippen LogP contribution < -0.4 is 16.0 Å². The van der Waals surface area contributed by atoms with Crippen LogP contribution in [0.3, 0.4) is 0 Å². The van der Waals surface area contributed by atoms with Crippen molar-refractivity contribution in [2.24, 2.45) is 17.8 Å². The number of benzene rings is 1. The molecule has 2 bridgehead atoms. The van der Waals surface area contributed by atoms with Gasteiger partial charge in [-0.05, 0) is 97.4 Å². The van der Waals surface area contributed by atoms with E-state index in [0.717, 1.165) is 5.69 Å². The Morgan fingerprint density at radius 3 is 1.83 bits per heavy atom. The molecule has 1 aromatic carbocycles. The SMILES string of the molecule is CNc1ccc(C(=O)CC(O)CC[C@H](C)[C@H]2OC(=O)C[C@H](O)CC(=O)CC(O)CC(O)CC(O)CC(O)C[C@]3(O)C[C@H](O)[C@H](C(=O)NCCN(C)C)[C@H](C[C@@H](O[C@H]4OC(C)[C@@H](O)[C@H](NC(=O)CN(C)C)[C@@H]4O)C=CC=CC=CC=CC=CC=CC=C[C@@H]2C)O3)cc1.O=C1O[C@H]([C@@H](O)CO)C(O)=C1O. The van der Waals surface area contributed by atoms with Gasteiger partial charge < -0.3 is 121 Å². The molecule has 6 unspecified atom stereocenters. The van der Waals surface area contributed by atoms with Gasteiger partial charge in [0.1, 0.15) is 30.2 Å². The number of hydrogen-bond acceptors (Lipinski definition) is 28. The van der Waals surface area contributed by atoms with Crippen LogP contribution in [0.4, 0.5) is 5.69 Å². The van der Waals surface area contributed by atoms with E-state index in [1.807, 2.05) is 38.9 Å². The number of amides is 2. The maximum Gasteiger partial charge on any atom is 0.377 e. The van der Waals surface area contributed by atoms with E-state index in [-0.39, 0.29) is 50.0 Å². The van der Waals surface area contributed by atoms with E-state index in [1.54, 1.807) is 129 Å². The molecule has 30 heteroatoms. The maximum atomic E-state index is 14.0. The van der Waals surface area contributed by atoms with Gasteiger partial charge in [0.2, 0.25) is 17.6 Å². The Bertz CT molecular complexity index is 3060. The van der Waals surface area contributed by atoms with Crippen molar-refractivity contribution in [3.63, 3.8) is 0 Å². The summed E-state index contributed by atoms with van der Waals surface area (Å²) in [6.07, 6.45) is -0.589. The molecule has 30 nitrogen and oxygen atoms in total. The van der Waals surface area contributed by atoms with Gasteiger partial charge in [0.15, 0.2) is 29.7 Å². The predicted octanol–water partition coefficient (Wildman–Crippen LogP) is 0.651. The number of nitrogens with one attached hydrogen (secondary N) is 3. The highest BCUT2D eigenvalue weighted by Crippen LogP contribution is 2.39. The van der Waals surface area contributed by atoms with Crippen molar-refractivity contribution in [2.75, 3.05) is 66.8 Å². The number of nitrogens with zero attached hydrogens (tertiary/aromatic N) is 2. The van der Waals surface area contributed by atoms with Gasteiger partial charge in [-0.15, -0.1) is 0 Å². The number of ketones is 2. The molecule has 4 aliphatic rings. The molecule has 2 fully saturated rings. The number of anilines is 1. The fourth-order valence-corrected chi connectivity index (χ4v) is 12.1. The molecule has 21 atom stereocenters. The van der Waals surface area contributed by atoms with Crippen LogP contribution in [0.5, 0.6) is 0 Å². The van der Waals surface area contributed by atoms with Crippen molar-refractivity contribution in [3.05, 3.63) is 126 Å². The fourth-order valence-electron chi connectivity index (χ4n) is 12.1. The van der Waals surface area contributed by atoms with E-state index in [9.17, 15) is 79.8 Å². The third kappa shape index (κ3) is 31.4. The van der Waals surface area contributed by atoms with Crippen LogP contribution in [0, 0.1) is 17.8 Å². The van der Waals surface area contributed by atoms with Crippen LogP contribution in [-0.2, 0) is 47.7 Å². The second-order valence-electron chi connectivity index (χ2n) is 27.2. The molecule has 4 aliphatic heterocycles. The van der Waals surface area contributed by atoms with Crippen LogP contribution in [0.2, 0.25) is 0 Å². The van der Waals surface area contributed by atoms with E-state index < -0.39 is 215 Å². The summed E-state index contributed by atoms with van der Waals surface area (Å²) < 4.78 is 28.9. The molecule has 578 valence electrons. The van der Waals surface area contributed by atoms with Gasteiger partial charge >= 0.3 is 11.9 Å². The Hall–Kier alpha value is -6.92. The number of hydrogen-bond donors (Lipinski definition) is 17. The van der Waals surface area contributed by atoms with Crippen molar-refractivity contribution in [1.82, 2.24) is 20.4 Å². The van der Waals surface area contributed by atoms with Gasteiger partial charge in [-0.3, -0.25) is 24.0 Å². The average molecular weight is 1460 g/mol. The first-order chi connectivity index (χ1) is 48.6. The Morgan fingerprint density at radius 2 is 1.27 bits per heavy atom. The Morgan fingerprint density at radius 1 is 0.699 bits per heavy atom. The zero-order chi connectivity index (χ0) is 76.7. The highest BCUT2D eigenvalue weighted by atomic mass is 16.7. The molecule has 103 heavy (non-hydrogen) atoms. The third-order valence-electron chi connectivity index (χ3n) is 17.5. The number of Topliss-reactive ketones (excluding diaryl/α,β-unsaturated/α-hetero) is 2. The molecule has 17 N–H and O–H groups in total. The van der Waals surface area contributed by atoms with Crippen LogP contribution in [0.25, 0.3) is 0 Å². The number of aliphatic hydroxyl groups is 14. The number of esters is 2. The number of carbonyl (C=O) groups excluding carboxylic acids is 6. The molecule has 0 spiro atoms. The topological polar surface area (TPSA) is 474 Å². The zero-order valence-corrected chi connectivity index (χ0v) is 59.9. The second kappa shape index (κ2) is 44.8. The van der Waals surface area contributed by atoms with Crippen molar-refractivity contribution in [2.45, 2.75) is 207 Å². The van der Waals surface area contributed by atoms with Crippen molar-refractivity contribution >= 4 is 41.0 Å². The fraction of sp³-hybridized carbons (Fsp3) is 0.616. The lowest BCUT2D eigenvalue weighted by molar-refractivity contribution is -0.307. The number of allylic oxidation sites excluding steroid dienone is 12. The smallest absolute Gasteiger partial charge is 0.377 e. The molecule has 1 aromatic rings. The summed E-state index contributed by atoms with van der Waals surface area (Å²) in [5, 5.41) is 156. The molecule has 5 rings (SSSR count). The summed E-state index contributed by atoms with van der Waals surface area (Å²) in [5.74, 6) is -9.88. The summed E-state index contributed by atoms with van der Waals surface area (Å²) in [6, 6.07) is 5.68. The number of aliphatic hydroxyl groups excluding tert-OH is 13. The van der Waals surface area contributed by atoms with Gasteiger partial charge in [0.05, 0.1) is 92.6 Å². The first-order valence-electron chi connectivity index (χ1n) is 34.7. The minimum absolute atomic E-state index is 0.0513. The molecule has 2 saturated heterocycles. The van der Waals surface area contributed by atoms with E-state index in [1.165, 1.54) is 6.92 Å². The number of ether oxygens (including phenoxy) is 5. The Labute approximate surface area is 601 Å². The monoisotopic (exact) mass is 1460 g/mol. The van der Waals surface area contributed by atoms with Crippen molar-refractivity contribution in [1.29, 1.82) is 0 Å². The maximum absolute atomic E-state index is 14.0. The number of fused-ring (bicyclic) bond motifs is 2. The van der Waals surface area contributed by atoms with Crippen molar-refractivity contribution < 1.29 is 124 Å². The molecule has 0 aliphatic carbocycles.